The number of amides is 1. The summed E-state index contributed by atoms with van der Waals surface area (Å²) in [5.74, 6) is -0.312. The molecule has 2 heterocycles. The largest absolute Gasteiger partial charge is 0.481 e. The van der Waals surface area contributed by atoms with Gasteiger partial charge in [0.1, 0.15) is 24.1 Å². The number of nitrogens with zero attached hydrogens (tertiary/aromatic N) is 2. The van der Waals surface area contributed by atoms with E-state index in [0.29, 0.717) is 6.42 Å². The lowest BCUT2D eigenvalue weighted by atomic mass is 10.1. The average Bonchev–Trinajstić information content (AvgIpc) is 3.17. The first kappa shape index (κ1) is 36.4. The van der Waals surface area contributed by atoms with Gasteiger partial charge in [-0.3, -0.25) is 13.9 Å². The van der Waals surface area contributed by atoms with Crippen LogP contribution in [-0.2, 0) is 27.5 Å². The zero-order valence-electron chi connectivity index (χ0n) is 23.7. The Morgan fingerprint density at radius 1 is 1.02 bits per heavy atom. The Kier molecular flexibility index (Phi) is 15.7. The second kappa shape index (κ2) is 18.1. The fourth-order valence-electron chi connectivity index (χ4n) is 4.31. The lowest BCUT2D eigenvalue weighted by Crippen LogP contribution is -2.36. The van der Waals surface area contributed by atoms with Crippen molar-refractivity contribution < 1.29 is 52.4 Å². The highest BCUT2D eigenvalue weighted by Crippen LogP contribution is 2.57. The molecule has 17 heteroatoms. The topological polar surface area (TPSA) is 227 Å². The Bertz CT molecular complexity index is 1160. The van der Waals surface area contributed by atoms with E-state index >= 15 is 0 Å². The molecule has 240 valence electrons. The van der Waals surface area contributed by atoms with Crippen LogP contribution < -0.4 is 11.0 Å². The number of anilines is 1. The van der Waals surface area contributed by atoms with Crippen molar-refractivity contribution in [1.82, 2.24) is 9.55 Å². The summed E-state index contributed by atoms with van der Waals surface area (Å²) in [5.41, 5.74) is -0.918. The predicted octanol–water partition coefficient (Wildman–Crippen LogP) is 3.28. The summed E-state index contributed by atoms with van der Waals surface area (Å²) in [6, 6.07) is 1.30. The highest BCUT2D eigenvalue weighted by molar-refractivity contribution is 7.60. The van der Waals surface area contributed by atoms with Gasteiger partial charge in [0.2, 0.25) is 5.91 Å². The molecule has 1 aromatic heterocycles. The van der Waals surface area contributed by atoms with Crippen LogP contribution >= 0.6 is 15.6 Å². The minimum absolute atomic E-state index is 0.00791. The van der Waals surface area contributed by atoms with Crippen molar-refractivity contribution in [3.63, 3.8) is 0 Å². The third-order valence-electron chi connectivity index (χ3n) is 6.49. The monoisotopic (exact) mass is 639 g/mol. The summed E-state index contributed by atoms with van der Waals surface area (Å²) >= 11 is 0. The van der Waals surface area contributed by atoms with Crippen molar-refractivity contribution in [2.75, 3.05) is 11.9 Å². The molecular weight excluding hydrogens is 596 g/mol. The molecule has 1 saturated heterocycles. The van der Waals surface area contributed by atoms with E-state index < -0.39 is 52.5 Å². The number of aromatic nitrogens is 2. The van der Waals surface area contributed by atoms with Crippen LogP contribution in [0.1, 0.15) is 90.2 Å². The zero-order valence-corrected chi connectivity index (χ0v) is 25.5. The molecular formula is C25H43N3O12P2. The second-order valence-corrected chi connectivity index (χ2v) is 12.9. The molecule has 2 rings (SSSR count). The third-order valence-corrected chi connectivity index (χ3v) is 8.64. The third kappa shape index (κ3) is 13.7. The predicted molar refractivity (Wildman–Crippen MR) is 152 cm³/mol. The maximum absolute atomic E-state index is 12.5. The molecule has 1 aromatic rings. The summed E-state index contributed by atoms with van der Waals surface area (Å²) in [5, 5.41) is 23.0. The van der Waals surface area contributed by atoms with Crippen LogP contribution in [0, 0.1) is 0 Å². The van der Waals surface area contributed by atoms with E-state index in [9.17, 15) is 33.8 Å². The van der Waals surface area contributed by atoms with Crippen molar-refractivity contribution in [2.24, 2.45) is 0 Å². The molecule has 15 nitrogen and oxygen atoms in total. The van der Waals surface area contributed by atoms with Gasteiger partial charge in [0.15, 0.2) is 6.23 Å². The number of hydrogen-bond acceptors (Lipinski definition) is 10. The second-order valence-electron chi connectivity index (χ2n) is 10.1. The van der Waals surface area contributed by atoms with Gasteiger partial charge in [-0.05, 0) is 38.2 Å². The number of unbranched alkanes of at least 4 members (excludes halogenated alkanes) is 9. The lowest BCUT2D eigenvalue weighted by Gasteiger charge is -2.18. The molecule has 0 bridgehead atoms. The highest BCUT2D eigenvalue weighted by Gasteiger charge is 2.45. The van der Waals surface area contributed by atoms with Crippen LogP contribution in [0.3, 0.4) is 0 Å². The Morgan fingerprint density at radius 3 is 2.26 bits per heavy atom. The number of aliphatic hydroxyl groups excluding tert-OH is 2. The highest BCUT2D eigenvalue weighted by atomic mass is 31.3. The fraction of sp³-hybridized carbons (Fsp3) is 0.720. The molecule has 42 heavy (non-hydrogen) atoms. The van der Waals surface area contributed by atoms with Crippen LogP contribution in [0.2, 0.25) is 0 Å². The number of ether oxygens (including phenoxy) is 1. The summed E-state index contributed by atoms with van der Waals surface area (Å²) in [6.07, 6.45) is 11.8. The number of phosphoric acid groups is 2. The van der Waals surface area contributed by atoms with Crippen molar-refractivity contribution >= 4 is 27.4 Å². The summed E-state index contributed by atoms with van der Waals surface area (Å²) < 4.78 is 36.6. The fourth-order valence-corrected chi connectivity index (χ4v) is 5.91. The number of phosphoric ester groups is 1. The van der Waals surface area contributed by atoms with Gasteiger partial charge >= 0.3 is 21.3 Å². The van der Waals surface area contributed by atoms with Crippen LogP contribution in [0.5, 0.6) is 0 Å². The number of carbonyl (C=O) groups excluding carboxylic acids is 1. The molecule has 1 aliphatic rings. The van der Waals surface area contributed by atoms with Crippen molar-refractivity contribution in [3.8, 4) is 0 Å². The SMILES string of the molecule is CCCCCC/C=C\CCCCCCCC(=O)Nc1ccn([C@@H]2O[C@H](COP(=O)(O)OP(=O)(O)O)[C@@H](O)[C@H]2O)c(=O)n1. The van der Waals surface area contributed by atoms with E-state index in [2.05, 4.69) is 38.2 Å². The number of hydrogen-bond donors (Lipinski definition) is 6. The zero-order chi connectivity index (χ0) is 31.2. The molecule has 0 spiro atoms. The van der Waals surface area contributed by atoms with Gasteiger partial charge in [-0.25, -0.2) is 13.9 Å². The Labute approximate surface area is 244 Å². The first-order chi connectivity index (χ1) is 19.8. The molecule has 6 N–H and O–H groups in total. The van der Waals surface area contributed by atoms with E-state index in [1.807, 2.05) is 0 Å². The van der Waals surface area contributed by atoms with Crippen LogP contribution in [0.25, 0.3) is 0 Å². The maximum Gasteiger partial charge on any atom is 0.481 e. The van der Waals surface area contributed by atoms with Gasteiger partial charge in [-0.15, -0.1) is 0 Å². The minimum atomic E-state index is -5.35. The Balaban J connectivity index is 1.72. The van der Waals surface area contributed by atoms with E-state index in [4.69, 9.17) is 14.5 Å². The normalized spacial score (nSPS) is 22.4. The van der Waals surface area contributed by atoms with E-state index in [1.54, 1.807) is 0 Å². The van der Waals surface area contributed by atoms with Gasteiger partial charge < -0.3 is 34.9 Å². The Morgan fingerprint density at radius 2 is 1.64 bits per heavy atom. The molecule has 0 saturated carbocycles. The van der Waals surface area contributed by atoms with Gasteiger partial charge in [0.05, 0.1) is 6.61 Å². The molecule has 0 aromatic carbocycles. The van der Waals surface area contributed by atoms with Gasteiger partial charge in [0.25, 0.3) is 0 Å². The number of nitrogens with one attached hydrogen (secondary N) is 1. The van der Waals surface area contributed by atoms with Gasteiger partial charge in [0, 0.05) is 12.6 Å². The summed E-state index contributed by atoms with van der Waals surface area (Å²) in [6.45, 7) is 1.30. The first-order valence-corrected chi connectivity index (χ1v) is 17.2. The standard InChI is InChI=1S/C25H43N3O12P2/c1-2-3-4-5-6-7-8-9-10-11-12-13-14-15-21(29)26-20-16-17-28(25(32)27-20)24-23(31)22(30)19(39-24)18-38-42(36,37)40-41(33,34)35/h7-8,16-17,19,22-24,30-31H,2-6,9-15,18H2,1H3,(H,36,37)(H2,33,34,35)(H,26,27,29,32)/b8-7-/t19-,22-,23-,24-/m1/s1. The molecule has 5 atom stereocenters. The molecule has 1 aliphatic heterocycles. The van der Waals surface area contributed by atoms with Gasteiger partial charge in [-0.1, -0.05) is 57.6 Å². The van der Waals surface area contributed by atoms with Crippen LogP contribution in [0.15, 0.2) is 29.2 Å². The summed E-state index contributed by atoms with van der Waals surface area (Å²) in [7, 11) is -10.6. The van der Waals surface area contributed by atoms with Crippen molar-refractivity contribution in [3.05, 3.63) is 34.9 Å². The number of carbonyl (C=O) groups is 1. The number of aliphatic hydroxyl groups is 2. The number of rotatable bonds is 20. The van der Waals surface area contributed by atoms with Gasteiger partial charge in [-0.2, -0.15) is 9.29 Å². The molecule has 0 radical (unpaired) electrons. The van der Waals surface area contributed by atoms with E-state index in [-0.39, 0.29) is 18.1 Å². The molecule has 0 aliphatic carbocycles. The lowest BCUT2D eigenvalue weighted by molar-refractivity contribution is -0.116. The maximum atomic E-state index is 12.5. The molecule has 1 unspecified atom stereocenters. The quantitative estimate of drug-likeness (QED) is 0.0685. The molecule has 1 fully saturated rings. The average molecular weight is 640 g/mol. The van der Waals surface area contributed by atoms with Crippen LogP contribution in [0.4, 0.5) is 5.82 Å². The van der Waals surface area contributed by atoms with Crippen LogP contribution in [-0.4, -0.2) is 65.3 Å². The minimum Gasteiger partial charge on any atom is -0.387 e. The first-order valence-electron chi connectivity index (χ1n) is 14.1. The van der Waals surface area contributed by atoms with E-state index in [1.165, 1.54) is 37.9 Å². The molecule has 1 amide bonds. The number of allylic oxidation sites excluding steroid dienone is 2. The summed E-state index contributed by atoms with van der Waals surface area (Å²) in [4.78, 5) is 55.2. The Hall–Kier alpha value is -1.77. The smallest absolute Gasteiger partial charge is 0.387 e. The van der Waals surface area contributed by atoms with Crippen molar-refractivity contribution in [1.29, 1.82) is 0 Å². The van der Waals surface area contributed by atoms with Crippen molar-refractivity contribution in [2.45, 2.75) is 109 Å². The van der Waals surface area contributed by atoms with E-state index in [0.717, 1.165) is 43.1 Å².